The van der Waals surface area contributed by atoms with Crippen molar-refractivity contribution in [2.24, 2.45) is 0 Å². The number of nitrogens with one attached hydrogen (secondary N) is 1. The van der Waals surface area contributed by atoms with Gasteiger partial charge in [0.05, 0.1) is 25.4 Å². The number of carbonyl (C=O) groups is 1. The lowest BCUT2D eigenvalue weighted by molar-refractivity contribution is -0.122. The Bertz CT molecular complexity index is 468. The number of hydrogen-bond donors (Lipinski definition) is 1. The molecular formula is C17H26N2O3S. The highest BCUT2D eigenvalue weighted by atomic mass is 32.1. The molecule has 0 bridgehead atoms. The van der Waals surface area contributed by atoms with E-state index in [1.807, 2.05) is 0 Å². The van der Waals surface area contributed by atoms with Gasteiger partial charge in [0, 0.05) is 37.5 Å². The Morgan fingerprint density at radius 3 is 2.96 bits per heavy atom. The van der Waals surface area contributed by atoms with Gasteiger partial charge in [-0.05, 0) is 30.7 Å². The highest BCUT2D eigenvalue weighted by molar-refractivity contribution is 7.10. The van der Waals surface area contributed by atoms with Gasteiger partial charge in [0.15, 0.2) is 0 Å². The van der Waals surface area contributed by atoms with Crippen molar-refractivity contribution in [2.75, 3.05) is 39.5 Å². The van der Waals surface area contributed by atoms with E-state index in [0.29, 0.717) is 13.0 Å². The molecule has 2 unspecified atom stereocenters. The van der Waals surface area contributed by atoms with E-state index in [9.17, 15) is 4.79 Å². The Morgan fingerprint density at radius 2 is 2.26 bits per heavy atom. The molecule has 6 heteroatoms. The van der Waals surface area contributed by atoms with Crippen molar-refractivity contribution in [1.82, 2.24) is 10.2 Å². The maximum absolute atomic E-state index is 12.2. The van der Waals surface area contributed by atoms with Crippen molar-refractivity contribution >= 4 is 17.2 Å². The molecular weight excluding hydrogens is 312 g/mol. The minimum Gasteiger partial charge on any atom is -0.379 e. The number of ether oxygens (including phenoxy) is 2. The van der Waals surface area contributed by atoms with Gasteiger partial charge < -0.3 is 14.8 Å². The summed E-state index contributed by atoms with van der Waals surface area (Å²) in [5, 5.41) is 5.22. The van der Waals surface area contributed by atoms with Gasteiger partial charge in [-0.1, -0.05) is 6.07 Å². The predicted octanol–water partition coefficient (Wildman–Crippen LogP) is 2.20. The maximum Gasteiger partial charge on any atom is 0.220 e. The fourth-order valence-corrected chi connectivity index (χ4v) is 4.10. The molecule has 0 saturated carbocycles. The normalized spacial score (nSPS) is 23.7. The van der Waals surface area contributed by atoms with Crippen LogP contribution in [0.5, 0.6) is 0 Å². The summed E-state index contributed by atoms with van der Waals surface area (Å²) >= 11 is 1.76. The summed E-state index contributed by atoms with van der Waals surface area (Å²) in [5.74, 6) is 0.135. The van der Waals surface area contributed by atoms with Gasteiger partial charge in [0.2, 0.25) is 5.91 Å². The van der Waals surface area contributed by atoms with Crippen LogP contribution < -0.4 is 5.32 Å². The van der Waals surface area contributed by atoms with Gasteiger partial charge in [0.25, 0.3) is 0 Å². The van der Waals surface area contributed by atoms with Crippen LogP contribution in [0.4, 0.5) is 0 Å². The van der Waals surface area contributed by atoms with Gasteiger partial charge in [-0.2, -0.15) is 0 Å². The zero-order valence-corrected chi connectivity index (χ0v) is 14.4. The summed E-state index contributed by atoms with van der Waals surface area (Å²) in [7, 11) is 0. The zero-order chi connectivity index (χ0) is 15.9. The molecule has 1 amide bonds. The molecule has 1 aromatic rings. The lowest BCUT2D eigenvalue weighted by Crippen LogP contribution is -2.43. The number of amides is 1. The average Bonchev–Trinajstić information content (AvgIpc) is 3.28. The van der Waals surface area contributed by atoms with E-state index < -0.39 is 0 Å². The van der Waals surface area contributed by atoms with Gasteiger partial charge in [-0.3, -0.25) is 9.69 Å². The fraction of sp³-hybridized carbons (Fsp3) is 0.706. The quantitative estimate of drug-likeness (QED) is 0.828. The maximum atomic E-state index is 12.2. The second-order valence-corrected chi connectivity index (χ2v) is 7.14. The van der Waals surface area contributed by atoms with Crippen molar-refractivity contribution < 1.29 is 14.3 Å². The summed E-state index contributed by atoms with van der Waals surface area (Å²) in [4.78, 5) is 15.9. The zero-order valence-electron chi connectivity index (χ0n) is 13.5. The Labute approximate surface area is 142 Å². The molecule has 3 rings (SSSR count). The van der Waals surface area contributed by atoms with Crippen LogP contribution in [0, 0.1) is 0 Å². The van der Waals surface area contributed by atoms with Crippen molar-refractivity contribution in [2.45, 2.75) is 37.8 Å². The van der Waals surface area contributed by atoms with E-state index >= 15 is 0 Å². The molecule has 0 radical (unpaired) electrons. The summed E-state index contributed by atoms with van der Waals surface area (Å²) in [5.41, 5.74) is 0. The number of hydrogen-bond acceptors (Lipinski definition) is 5. The number of rotatable bonds is 7. The number of nitrogens with zero attached hydrogens (tertiary/aromatic N) is 1. The second-order valence-electron chi connectivity index (χ2n) is 6.16. The van der Waals surface area contributed by atoms with Crippen LogP contribution in [-0.4, -0.2) is 56.4 Å². The molecule has 2 fully saturated rings. The van der Waals surface area contributed by atoms with E-state index in [0.717, 1.165) is 52.2 Å². The van der Waals surface area contributed by atoms with E-state index in [2.05, 4.69) is 27.7 Å². The number of thiophene rings is 1. The Kier molecular flexibility index (Phi) is 6.45. The first kappa shape index (κ1) is 16.9. The lowest BCUT2D eigenvalue weighted by atomic mass is 10.1. The van der Waals surface area contributed by atoms with Crippen LogP contribution in [0.1, 0.15) is 36.6 Å². The Balaban J connectivity index is 1.48. The third-order valence-electron chi connectivity index (χ3n) is 4.57. The van der Waals surface area contributed by atoms with E-state index in [1.165, 1.54) is 4.88 Å². The molecule has 1 aromatic heterocycles. The fourth-order valence-electron chi connectivity index (χ4n) is 3.24. The molecule has 2 aliphatic rings. The van der Waals surface area contributed by atoms with Crippen LogP contribution in [0.2, 0.25) is 0 Å². The summed E-state index contributed by atoms with van der Waals surface area (Å²) in [6.07, 6.45) is 3.91. The minimum atomic E-state index is 0.135. The van der Waals surface area contributed by atoms with Gasteiger partial charge in [-0.25, -0.2) is 0 Å². The van der Waals surface area contributed by atoms with Gasteiger partial charge in [0.1, 0.15) is 0 Å². The summed E-state index contributed by atoms with van der Waals surface area (Å²) < 4.78 is 11.0. The van der Waals surface area contributed by atoms with Gasteiger partial charge >= 0.3 is 0 Å². The van der Waals surface area contributed by atoms with Crippen LogP contribution in [0.25, 0.3) is 0 Å². The van der Waals surface area contributed by atoms with E-state index in [4.69, 9.17) is 9.47 Å². The molecule has 128 valence electrons. The molecule has 3 heterocycles. The van der Waals surface area contributed by atoms with E-state index in [1.54, 1.807) is 11.3 Å². The highest BCUT2D eigenvalue weighted by Gasteiger charge is 2.24. The molecule has 5 nitrogen and oxygen atoms in total. The summed E-state index contributed by atoms with van der Waals surface area (Å²) in [6.45, 7) is 4.92. The molecule has 1 N–H and O–H groups in total. The van der Waals surface area contributed by atoms with Crippen molar-refractivity contribution in [3.8, 4) is 0 Å². The first-order valence-corrected chi connectivity index (χ1v) is 9.44. The molecule has 2 saturated heterocycles. The van der Waals surface area contributed by atoms with Crippen molar-refractivity contribution in [1.29, 1.82) is 0 Å². The van der Waals surface area contributed by atoms with Crippen LogP contribution in [-0.2, 0) is 14.3 Å². The van der Waals surface area contributed by atoms with E-state index in [-0.39, 0.29) is 18.1 Å². The first-order chi connectivity index (χ1) is 11.3. The van der Waals surface area contributed by atoms with Crippen molar-refractivity contribution in [3.63, 3.8) is 0 Å². The third kappa shape index (κ3) is 5.01. The molecule has 0 spiro atoms. The third-order valence-corrected chi connectivity index (χ3v) is 5.54. The predicted molar refractivity (Wildman–Crippen MR) is 90.7 cm³/mol. The number of carbonyl (C=O) groups excluding carboxylic acids is 1. The molecule has 2 aliphatic heterocycles. The standard InChI is InChI=1S/C17H26N2O3S/c20-17(6-5-14-3-1-9-22-14)18-13-15(16-4-2-12-23-16)19-7-10-21-11-8-19/h2,4,12,14-15H,1,3,5-11,13H2,(H,18,20). The molecule has 0 aromatic carbocycles. The minimum absolute atomic E-state index is 0.135. The second kappa shape index (κ2) is 8.78. The Morgan fingerprint density at radius 1 is 1.39 bits per heavy atom. The van der Waals surface area contributed by atoms with Crippen LogP contribution in [0.3, 0.4) is 0 Å². The van der Waals surface area contributed by atoms with Crippen molar-refractivity contribution in [3.05, 3.63) is 22.4 Å². The average molecular weight is 338 g/mol. The Hall–Kier alpha value is -0.950. The highest BCUT2D eigenvalue weighted by Crippen LogP contribution is 2.25. The van der Waals surface area contributed by atoms with Crippen LogP contribution in [0.15, 0.2) is 17.5 Å². The SMILES string of the molecule is O=C(CCC1CCCO1)NCC(c1cccs1)N1CCOCC1. The molecule has 0 aliphatic carbocycles. The topological polar surface area (TPSA) is 50.8 Å². The molecule has 2 atom stereocenters. The summed E-state index contributed by atoms with van der Waals surface area (Å²) in [6, 6.07) is 4.49. The van der Waals surface area contributed by atoms with Crippen LogP contribution >= 0.6 is 11.3 Å². The lowest BCUT2D eigenvalue weighted by Gasteiger charge is -2.34. The number of morpholine rings is 1. The monoisotopic (exact) mass is 338 g/mol. The smallest absolute Gasteiger partial charge is 0.220 e. The molecule has 23 heavy (non-hydrogen) atoms. The van der Waals surface area contributed by atoms with Gasteiger partial charge in [-0.15, -0.1) is 11.3 Å². The largest absolute Gasteiger partial charge is 0.379 e. The first-order valence-electron chi connectivity index (χ1n) is 8.56.